The molecule has 26 heavy (non-hydrogen) atoms. The SMILES string of the molecule is CCCCNC(=NCc1ccc(C(N)=O)cc1)NCc1ccc(C)cc1. The number of unbranched alkanes of at least 4 members (excludes halogenated alkanes) is 1. The van der Waals surface area contributed by atoms with Crippen LogP contribution in [0.4, 0.5) is 0 Å². The standard InChI is InChI=1S/C21H28N4O/c1-3-4-13-23-21(24-14-17-7-5-16(2)6-8-17)25-15-18-9-11-19(12-10-18)20(22)26/h5-12H,3-4,13-15H2,1-2H3,(H2,22,26)(H2,23,24,25). The number of benzene rings is 2. The predicted octanol–water partition coefficient (Wildman–Crippen LogP) is 3.13. The van der Waals surface area contributed by atoms with E-state index in [0.717, 1.165) is 37.5 Å². The molecule has 0 aromatic heterocycles. The monoisotopic (exact) mass is 352 g/mol. The van der Waals surface area contributed by atoms with Crippen molar-refractivity contribution < 1.29 is 4.79 Å². The van der Waals surface area contributed by atoms with Crippen LogP contribution < -0.4 is 16.4 Å². The third-order valence-corrected chi connectivity index (χ3v) is 4.06. The molecule has 0 unspecified atom stereocenters. The van der Waals surface area contributed by atoms with E-state index in [1.165, 1.54) is 11.1 Å². The molecule has 0 spiro atoms. The van der Waals surface area contributed by atoms with Gasteiger partial charge in [0.25, 0.3) is 0 Å². The molecule has 5 nitrogen and oxygen atoms in total. The fourth-order valence-electron chi connectivity index (χ4n) is 2.39. The summed E-state index contributed by atoms with van der Waals surface area (Å²) in [4.78, 5) is 15.8. The maximum Gasteiger partial charge on any atom is 0.248 e. The van der Waals surface area contributed by atoms with E-state index in [9.17, 15) is 4.79 Å². The number of carbonyl (C=O) groups is 1. The highest BCUT2D eigenvalue weighted by Crippen LogP contribution is 2.06. The zero-order valence-electron chi connectivity index (χ0n) is 15.6. The molecule has 1 amide bonds. The number of aliphatic imine (C=N–C) groups is 1. The van der Waals surface area contributed by atoms with Crippen LogP contribution in [-0.2, 0) is 13.1 Å². The number of hydrogen-bond donors (Lipinski definition) is 3. The van der Waals surface area contributed by atoms with Crippen molar-refractivity contribution in [3.8, 4) is 0 Å². The van der Waals surface area contributed by atoms with E-state index in [-0.39, 0.29) is 0 Å². The molecule has 0 aliphatic heterocycles. The number of carbonyl (C=O) groups excluding carboxylic acids is 1. The molecule has 0 fully saturated rings. The van der Waals surface area contributed by atoms with E-state index in [0.29, 0.717) is 12.1 Å². The van der Waals surface area contributed by atoms with Gasteiger partial charge in [0.2, 0.25) is 5.91 Å². The lowest BCUT2D eigenvalue weighted by atomic mass is 10.1. The molecular weight excluding hydrogens is 324 g/mol. The second kappa shape index (κ2) is 10.2. The molecule has 0 aliphatic rings. The lowest BCUT2D eigenvalue weighted by Crippen LogP contribution is -2.37. The van der Waals surface area contributed by atoms with E-state index >= 15 is 0 Å². The number of nitrogens with one attached hydrogen (secondary N) is 2. The Bertz CT molecular complexity index is 721. The molecule has 2 aromatic rings. The second-order valence-electron chi connectivity index (χ2n) is 6.35. The third-order valence-electron chi connectivity index (χ3n) is 4.06. The summed E-state index contributed by atoms with van der Waals surface area (Å²) in [6.07, 6.45) is 2.23. The van der Waals surface area contributed by atoms with Gasteiger partial charge in [-0.2, -0.15) is 0 Å². The lowest BCUT2D eigenvalue weighted by Gasteiger charge is -2.13. The minimum Gasteiger partial charge on any atom is -0.366 e. The number of nitrogens with zero attached hydrogens (tertiary/aromatic N) is 1. The average molecular weight is 352 g/mol. The molecule has 5 heteroatoms. The summed E-state index contributed by atoms with van der Waals surface area (Å²) in [7, 11) is 0. The summed E-state index contributed by atoms with van der Waals surface area (Å²) >= 11 is 0. The van der Waals surface area contributed by atoms with Crippen LogP contribution in [-0.4, -0.2) is 18.4 Å². The number of aryl methyl sites for hydroxylation is 1. The smallest absolute Gasteiger partial charge is 0.248 e. The normalized spacial score (nSPS) is 11.2. The van der Waals surface area contributed by atoms with Gasteiger partial charge in [-0.3, -0.25) is 4.79 Å². The quantitative estimate of drug-likeness (QED) is 0.388. The first kappa shape index (κ1) is 19.5. The van der Waals surface area contributed by atoms with Gasteiger partial charge in [0.1, 0.15) is 0 Å². The van der Waals surface area contributed by atoms with E-state index < -0.39 is 5.91 Å². The van der Waals surface area contributed by atoms with Crippen LogP contribution in [0.5, 0.6) is 0 Å². The number of guanidine groups is 1. The lowest BCUT2D eigenvalue weighted by molar-refractivity contribution is 0.100. The molecule has 2 rings (SSSR count). The van der Waals surface area contributed by atoms with Crippen LogP contribution in [0.1, 0.15) is 46.8 Å². The van der Waals surface area contributed by atoms with Crippen molar-refractivity contribution in [3.63, 3.8) is 0 Å². The van der Waals surface area contributed by atoms with Crippen molar-refractivity contribution in [1.82, 2.24) is 10.6 Å². The fourth-order valence-corrected chi connectivity index (χ4v) is 2.39. The summed E-state index contributed by atoms with van der Waals surface area (Å²) < 4.78 is 0. The highest BCUT2D eigenvalue weighted by atomic mass is 16.1. The number of hydrogen-bond acceptors (Lipinski definition) is 2. The van der Waals surface area contributed by atoms with Crippen molar-refractivity contribution in [2.24, 2.45) is 10.7 Å². The zero-order valence-corrected chi connectivity index (χ0v) is 15.6. The summed E-state index contributed by atoms with van der Waals surface area (Å²) in [5, 5.41) is 6.75. The molecule has 0 saturated carbocycles. The summed E-state index contributed by atoms with van der Waals surface area (Å²) in [5.74, 6) is 0.375. The van der Waals surface area contributed by atoms with Gasteiger partial charge in [-0.25, -0.2) is 4.99 Å². The van der Waals surface area contributed by atoms with Crippen LogP contribution in [0.15, 0.2) is 53.5 Å². The van der Waals surface area contributed by atoms with Crippen molar-refractivity contribution >= 4 is 11.9 Å². The maximum absolute atomic E-state index is 11.1. The topological polar surface area (TPSA) is 79.5 Å². The number of nitrogens with two attached hydrogens (primary N) is 1. The summed E-state index contributed by atoms with van der Waals surface area (Å²) in [6.45, 7) is 6.39. The minimum atomic E-state index is -0.415. The van der Waals surface area contributed by atoms with Crippen molar-refractivity contribution in [2.75, 3.05) is 6.54 Å². The van der Waals surface area contributed by atoms with Gasteiger partial charge in [-0.05, 0) is 36.6 Å². The van der Waals surface area contributed by atoms with E-state index in [1.807, 2.05) is 12.1 Å². The van der Waals surface area contributed by atoms with Gasteiger partial charge >= 0.3 is 0 Å². The Morgan fingerprint density at radius 1 is 1.00 bits per heavy atom. The molecule has 0 saturated heterocycles. The van der Waals surface area contributed by atoms with Gasteiger partial charge in [0.05, 0.1) is 6.54 Å². The molecule has 4 N–H and O–H groups in total. The Morgan fingerprint density at radius 2 is 1.65 bits per heavy atom. The van der Waals surface area contributed by atoms with Crippen molar-refractivity contribution in [3.05, 3.63) is 70.8 Å². The Balaban J connectivity index is 1.98. The summed E-state index contributed by atoms with van der Waals surface area (Å²) in [6, 6.07) is 15.7. The Hall–Kier alpha value is -2.82. The Labute approximate surface area is 155 Å². The van der Waals surface area contributed by atoms with Gasteiger partial charge < -0.3 is 16.4 Å². The molecule has 0 radical (unpaired) electrons. The first-order chi connectivity index (χ1) is 12.6. The van der Waals surface area contributed by atoms with Crippen molar-refractivity contribution in [2.45, 2.75) is 39.8 Å². The molecular formula is C21H28N4O. The molecule has 0 aliphatic carbocycles. The average Bonchev–Trinajstić information content (AvgIpc) is 2.65. The zero-order chi connectivity index (χ0) is 18.8. The van der Waals surface area contributed by atoms with Crippen LogP contribution in [0.3, 0.4) is 0 Å². The Kier molecular flexibility index (Phi) is 7.68. The fraction of sp³-hybridized carbons (Fsp3) is 0.333. The van der Waals surface area contributed by atoms with E-state index in [1.54, 1.807) is 12.1 Å². The molecule has 0 heterocycles. The Morgan fingerprint density at radius 3 is 2.27 bits per heavy atom. The summed E-state index contributed by atoms with van der Waals surface area (Å²) in [5.41, 5.74) is 9.28. The molecule has 0 bridgehead atoms. The molecule has 0 atom stereocenters. The van der Waals surface area contributed by atoms with Crippen LogP contribution in [0, 0.1) is 6.92 Å². The van der Waals surface area contributed by atoms with Gasteiger partial charge in [0, 0.05) is 18.7 Å². The van der Waals surface area contributed by atoms with E-state index in [4.69, 9.17) is 5.73 Å². The maximum atomic E-state index is 11.1. The second-order valence-corrected chi connectivity index (χ2v) is 6.35. The van der Waals surface area contributed by atoms with Gasteiger partial charge in [0.15, 0.2) is 5.96 Å². The predicted molar refractivity (Wildman–Crippen MR) is 107 cm³/mol. The first-order valence-electron chi connectivity index (χ1n) is 9.05. The number of rotatable bonds is 8. The minimum absolute atomic E-state index is 0.415. The number of amides is 1. The first-order valence-corrected chi connectivity index (χ1v) is 9.05. The highest BCUT2D eigenvalue weighted by Gasteiger charge is 2.02. The van der Waals surface area contributed by atoms with Gasteiger partial charge in [-0.1, -0.05) is 55.3 Å². The third kappa shape index (κ3) is 6.59. The number of primary amides is 1. The van der Waals surface area contributed by atoms with E-state index in [2.05, 4.69) is 53.7 Å². The van der Waals surface area contributed by atoms with Crippen LogP contribution in [0.25, 0.3) is 0 Å². The largest absolute Gasteiger partial charge is 0.366 e. The molecule has 138 valence electrons. The van der Waals surface area contributed by atoms with Crippen LogP contribution >= 0.6 is 0 Å². The van der Waals surface area contributed by atoms with Crippen LogP contribution in [0.2, 0.25) is 0 Å². The van der Waals surface area contributed by atoms with Crippen molar-refractivity contribution in [1.29, 1.82) is 0 Å². The highest BCUT2D eigenvalue weighted by molar-refractivity contribution is 5.92. The molecule has 2 aromatic carbocycles. The van der Waals surface area contributed by atoms with Gasteiger partial charge in [-0.15, -0.1) is 0 Å².